The van der Waals surface area contributed by atoms with Gasteiger partial charge in [0.25, 0.3) is 0 Å². The van der Waals surface area contributed by atoms with Gasteiger partial charge in [0.2, 0.25) is 0 Å². The fourth-order valence-electron chi connectivity index (χ4n) is 1.92. The van der Waals surface area contributed by atoms with Gasteiger partial charge in [-0.15, -0.1) is 0 Å². The van der Waals surface area contributed by atoms with Crippen molar-refractivity contribution in [3.05, 3.63) is 23.8 Å². The molecule has 1 aromatic carbocycles. The number of ether oxygens (including phenoxy) is 2. The van der Waals surface area contributed by atoms with Crippen molar-refractivity contribution in [3.8, 4) is 11.5 Å². The minimum Gasteiger partial charge on any atom is -0.490 e. The molecule has 2 atom stereocenters. The van der Waals surface area contributed by atoms with Gasteiger partial charge in [0.05, 0.1) is 19.3 Å². The van der Waals surface area contributed by atoms with Crippen molar-refractivity contribution in [2.75, 3.05) is 19.8 Å². The largest absolute Gasteiger partial charge is 0.490 e. The van der Waals surface area contributed by atoms with Crippen molar-refractivity contribution in [2.45, 2.75) is 52.7 Å². The number of hydrogen-bond acceptors (Lipinski definition) is 4. The van der Waals surface area contributed by atoms with Crippen LogP contribution in [0, 0.1) is 0 Å². The summed E-state index contributed by atoms with van der Waals surface area (Å²) in [7, 11) is 0. The fourth-order valence-corrected chi connectivity index (χ4v) is 1.92. The van der Waals surface area contributed by atoms with E-state index in [1.807, 2.05) is 18.2 Å². The molecular weight excluding hydrogens is 266 g/mol. The van der Waals surface area contributed by atoms with Gasteiger partial charge in [0.15, 0.2) is 11.5 Å². The standard InChI is InChI=1S/C17H29NO3/c1-5-9-20-16-8-7-15(11-17(16)21-10-6-2)14(4)18-12-13(3)19/h7-8,11,13-14,18-19H,5-6,9-10,12H2,1-4H3. The van der Waals surface area contributed by atoms with Crippen molar-refractivity contribution in [1.82, 2.24) is 5.32 Å². The first-order valence-electron chi connectivity index (χ1n) is 7.89. The third-order valence-electron chi connectivity index (χ3n) is 3.11. The highest BCUT2D eigenvalue weighted by Crippen LogP contribution is 2.31. The van der Waals surface area contributed by atoms with Crippen LogP contribution in [0.25, 0.3) is 0 Å². The highest BCUT2D eigenvalue weighted by molar-refractivity contribution is 5.43. The Balaban J connectivity index is 2.81. The Bertz CT molecular complexity index is 407. The number of rotatable bonds is 10. The molecule has 0 amide bonds. The predicted molar refractivity (Wildman–Crippen MR) is 86.1 cm³/mol. The molecule has 1 aromatic rings. The number of aliphatic hydroxyl groups excluding tert-OH is 1. The Labute approximate surface area is 128 Å². The van der Waals surface area contributed by atoms with Crippen molar-refractivity contribution in [2.24, 2.45) is 0 Å². The van der Waals surface area contributed by atoms with Crippen LogP contribution in [0.3, 0.4) is 0 Å². The molecule has 0 bridgehead atoms. The molecule has 0 saturated heterocycles. The molecule has 2 unspecified atom stereocenters. The molecule has 0 saturated carbocycles. The van der Waals surface area contributed by atoms with Gasteiger partial charge in [0, 0.05) is 12.6 Å². The summed E-state index contributed by atoms with van der Waals surface area (Å²) in [4.78, 5) is 0. The van der Waals surface area contributed by atoms with Crippen LogP contribution >= 0.6 is 0 Å². The summed E-state index contributed by atoms with van der Waals surface area (Å²) in [6.45, 7) is 9.97. The van der Waals surface area contributed by atoms with Crippen molar-refractivity contribution in [1.29, 1.82) is 0 Å². The van der Waals surface area contributed by atoms with Gasteiger partial charge in [-0.1, -0.05) is 19.9 Å². The summed E-state index contributed by atoms with van der Waals surface area (Å²) in [5, 5.41) is 12.7. The summed E-state index contributed by atoms with van der Waals surface area (Å²) in [5.41, 5.74) is 1.13. The first-order valence-corrected chi connectivity index (χ1v) is 7.89. The second-order valence-corrected chi connectivity index (χ2v) is 5.38. The van der Waals surface area contributed by atoms with Gasteiger partial charge in [-0.25, -0.2) is 0 Å². The lowest BCUT2D eigenvalue weighted by atomic mass is 10.1. The van der Waals surface area contributed by atoms with Crippen LogP contribution in [0.4, 0.5) is 0 Å². The lowest BCUT2D eigenvalue weighted by Crippen LogP contribution is -2.27. The molecule has 21 heavy (non-hydrogen) atoms. The summed E-state index contributed by atoms with van der Waals surface area (Å²) < 4.78 is 11.5. The van der Waals surface area contributed by atoms with E-state index in [1.54, 1.807) is 6.92 Å². The molecule has 1 rings (SSSR count). The molecule has 0 aliphatic carbocycles. The first-order chi connectivity index (χ1) is 10.1. The smallest absolute Gasteiger partial charge is 0.161 e. The monoisotopic (exact) mass is 295 g/mol. The Hall–Kier alpha value is -1.26. The normalized spacial score (nSPS) is 13.8. The van der Waals surface area contributed by atoms with E-state index in [2.05, 4.69) is 26.1 Å². The van der Waals surface area contributed by atoms with Crippen LogP contribution in [-0.2, 0) is 0 Å². The summed E-state index contributed by atoms with van der Waals surface area (Å²) in [6.07, 6.45) is 1.59. The molecule has 120 valence electrons. The maximum absolute atomic E-state index is 9.35. The first kappa shape index (κ1) is 17.8. The molecule has 2 N–H and O–H groups in total. The Kier molecular flexibility index (Phi) is 8.16. The average molecular weight is 295 g/mol. The number of nitrogens with one attached hydrogen (secondary N) is 1. The van der Waals surface area contributed by atoms with Crippen LogP contribution < -0.4 is 14.8 Å². The number of aliphatic hydroxyl groups is 1. The highest BCUT2D eigenvalue weighted by Gasteiger charge is 2.11. The molecular formula is C17H29NO3. The molecule has 0 spiro atoms. The van der Waals surface area contributed by atoms with E-state index in [0.717, 1.165) is 29.9 Å². The SMILES string of the molecule is CCCOc1ccc(C(C)NCC(C)O)cc1OCCC. The minimum absolute atomic E-state index is 0.156. The maximum Gasteiger partial charge on any atom is 0.161 e. The van der Waals surface area contributed by atoms with Crippen LogP contribution in [0.1, 0.15) is 52.1 Å². The van der Waals surface area contributed by atoms with Crippen molar-refractivity contribution < 1.29 is 14.6 Å². The maximum atomic E-state index is 9.35. The van der Waals surface area contributed by atoms with E-state index in [-0.39, 0.29) is 12.1 Å². The average Bonchev–Trinajstić information content (AvgIpc) is 2.48. The van der Waals surface area contributed by atoms with Gasteiger partial charge in [-0.05, 0) is 44.4 Å². The summed E-state index contributed by atoms with van der Waals surface area (Å²) in [5.74, 6) is 1.60. The van der Waals surface area contributed by atoms with E-state index >= 15 is 0 Å². The molecule has 4 nitrogen and oxygen atoms in total. The van der Waals surface area contributed by atoms with Crippen molar-refractivity contribution in [3.63, 3.8) is 0 Å². The molecule has 0 aromatic heterocycles. The van der Waals surface area contributed by atoms with Crippen molar-refractivity contribution >= 4 is 0 Å². The molecule has 0 fully saturated rings. The minimum atomic E-state index is -0.351. The zero-order valence-electron chi connectivity index (χ0n) is 13.7. The molecule has 4 heteroatoms. The van der Waals surface area contributed by atoms with E-state index in [4.69, 9.17) is 9.47 Å². The zero-order valence-corrected chi connectivity index (χ0v) is 13.7. The zero-order chi connectivity index (χ0) is 15.7. The van der Waals surface area contributed by atoms with Gasteiger partial charge in [-0.3, -0.25) is 0 Å². The van der Waals surface area contributed by atoms with E-state index < -0.39 is 0 Å². The third-order valence-corrected chi connectivity index (χ3v) is 3.11. The highest BCUT2D eigenvalue weighted by atomic mass is 16.5. The predicted octanol–water partition coefficient (Wildman–Crippen LogP) is 3.30. The summed E-state index contributed by atoms with van der Waals surface area (Å²) >= 11 is 0. The van der Waals surface area contributed by atoms with Crippen LogP contribution in [0.15, 0.2) is 18.2 Å². The molecule has 0 heterocycles. The number of benzene rings is 1. The lowest BCUT2D eigenvalue weighted by molar-refractivity contribution is 0.187. The fraction of sp³-hybridized carbons (Fsp3) is 0.647. The summed E-state index contributed by atoms with van der Waals surface area (Å²) in [6, 6.07) is 6.20. The molecule has 0 aliphatic rings. The van der Waals surface area contributed by atoms with Crippen LogP contribution in [0.5, 0.6) is 11.5 Å². The Morgan fingerprint density at radius 2 is 1.67 bits per heavy atom. The van der Waals surface area contributed by atoms with Gasteiger partial charge < -0.3 is 19.9 Å². The Morgan fingerprint density at radius 1 is 1.05 bits per heavy atom. The Morgan fingerprint density at radius 3 is 2.24 bits per heavy atom. The molecule has 0 aliphatic heterocycles. The second-order valence-electron chi connectivity index (χ2n) is 5.38. The van der Waals surface area contributed by atoms with E-state index in [9.17, 15) is 5.11 Å². The lowest BCUT2D eigenvalue weighted by Gasteiger charge is -2.18. The quantitative estimate of drug-likeness (QED) is 0.695. The molecule has 0 radical (unpaired) electrons. The van der Waals surface area contributed by atoms with E-state index in [1.165, 1.54) is 0 Å². The third kappa shape index (κ3) is 6.36. The van der Waals surface area contributed by atoms with Gasteiger partial charge in [-0.2, -0.15) is 0 Å². The second kappa shape index (κ2) is 9.64. The van der Waals surface area contributed by atoms with Crippen LogP contribution in [0.2, 0.25) is 0 Å². The van der Waals surface area contributed by atoms with Gasteiger partial charge >= 0.3 is 0 Å². The van der Waals surface area contributed by atoms with E-state index in [0.29, 0.717) is 19.8 Å². The van der Waals surface area contributed by atoms with Crippen LogP contribution in [-0.4, -0.2) is 31.0 Å². The van der Waals surface area contributed by atoms with Gasteiger partial charge in [0.1, 0.15) is 0 Å². The topological polar surface area (TPSA) is 50.7 Å². The number of hydrogen-bond donors (Lipinski definition) is 2.